The maximum atomic E-state index is 12.8. The van der Waals surface area contributed by atoms with Crippen LogP contribution in [0.1, 0.15) is 42.5 Å². The maximum Gasteiger partial charge on any atom is 0.253 e. The van der Waals surface area contributed by atoms with E-state index in [0.717, 1.165) is 12.8 Å². The third kappa shape index (κ3) is 3.57. The Kier molecular flexibility index (Phi) is 5.51. The van der Waals surface area contributed by atoms with Gasteiger partial charge in [0, 0.05) is 37.3 Å². The third-order valence-electron chi connectivity index (χ3n) is 5.82. The van der Waals surface area contributed by atoms with Gasteiger partial charge in [-0.05, 0) is 56.4 Å². The highest BCUT2D eigenvalue weighted by Crippen LogP contribution is 2.30. The lowest BCUT2D eigenvalue weighted by molar-refractivity contribution is 0.0681. The van der Waals surface area contributed by atoms with Crippen LogP contribution in [0.25, 0.3) is 0 Å². The Morgan fingerprint density at radius 1 is 1.15 bits per heavy atom. The number of hydrogen-bond donors (Lipinski definition) is 1. The molecular formula is C18H26ClN3O3S. The van der Waals surface area contributed by atoms with Gasteiger partial charge in [0.2, 0.25) is 10.0 Å². The lowest BCUT2D eigenvalue weighted by Crippen LogP contribution is -2.48. The summed E-state index contributed by atoms with van der Waals surface area (Å²) in [6.07, 6.45) is 5.11. The molecule has 1 aromatic carbocycles. The number of nitrogens with one attached hydrogen (secondary N) is 1. The molecule has 0 radical (unpaired) electrons. The average molecular weight is 400 g/mol. The minimum Gasteiger partial charge on any atom is -0.339 e. The van der Waals surface area contributed by atoms with Crippen molar-refractivity contribution in [2.45, 2.75) is 50.2 Å². The Hall–Kier alpha value is -1.31. The van der Waals surface area contributed by atoms with Gasteiger partial charge in [-0.1, -0.05) is 0 Å². The second kappa shape index (κ2) is 7.37. The van der Waals surface area contributed by atoms with Crippen molar-refractivity contribution in [2.75, 3.05) is 23.7 Å². The van der Waals surface area contributed by atoms with E-state index in [0.29, 0.717) is 36.3 Å². The van der Waals surface area contributed by atoms with Gasteiger partial charge in [0.1, 0.15) is 0 Å². The molecule has 0 spiro atoms. The van der Waals surface area contributed by atoms with E-state index in [1.165, 1.54) is 17.1 Å². The first-order valence-corrected chi connectivity index (χ1v) is 10.7. The van der Waals surface area contributed by atoms with Crippen LogP contribution in [0.4, 0.5) is 5.69 Å². The van der Waals surface area contributed by atoms with Crippen LogP contribution < -0.4 is 9.62 Å². The summed E-state index contributed by atoms with van der Waals surface area (Å²) < 4.78 is 25.5. The topological polar surface area (TPSA) is 69.7 Å². The largest absolute Gasteiger partial charge is 0.339 e. The summed E-state index contributed by atoms with van der Waals surface area (Å²) in [6.45, 7) is 0.521. The Balaban J connectivity index is 0.00000196. The van der Waals surface area contributed by atoms with Crippen LogP contribution in [0, 0.1) is 0 Å². The van der Waals surface area contributed by atoms with Crippen LogP contribution >= 0.6 is 12.4 Å². The smallest absolute Gasteiger partial charge is 0.253 e. The van der Waals surface area contributed by atoms with E-state index in [-0.39, 0.29) is 30.1 Å². The lowest BCUT2D eigenvalue weighted by Gasteiger charge is -2.35. The van der Waals surface area contributed by atoms with Gasteiger partial charge in [-0.25, -0.2) is 8.42 Å². The van der Waals surface area contributed by atoms with Crippen LogP contribution in [-0.2, 0) is 10.0 Å². The van der Waals surface area contributed by atoms with Crippen molar-refractivity contribution in [2.24, 2.45) is 0 Å². The van der Waals surface area contributed by atoms with Gasteiger partial charge in [0.05, 0.1) is 11.4 Å². The number of sulfonamides is 1. The fourth-order valence-corrected chi connectivity index (χ4v) is 5.98. The van der Waals surface area contributed by atoms with Gasteiger partial charge in [-0.2, -0.15) is 0 Å². The lowest BCUT2D eigenvalue weighted by atomic mass is 9.98. The fourth-order valence-electron chi connectivity index (χ4n) is 4.41. The first-order valence-electron chi connectivity index (χ1n) is 9.08. The van der Waals surface area contributed by atoms with Crippen molar-refractivity contribution in [3.63, 3.8) is 0 Å². The Bertz CT molecular complexity index is 756. The number of benzene rings is 1. The molecule has 4 rings (SSSR count). The Labute approximate surface area is 161 Å². The summed E-state index contributed by atoms with van der Waals surface area (Å²) in [5, 5.41) is 3.60. The van der Waals surface area contributed by atoms with E-state index in [9.17, 15) is 13.2 Å². The van der Waals surface area contributed by atoms with Gasteiger partial charge in [0.15, 0.2) is 0 Å². The maximum absolute atomic E-state index is 12.8. The molecule has 3 aliphatic rings. The molecule has 26 heavy (non-hydrogen) atoms. The molecule has 3 fully saturated rings. The molecule has 1 N–H and O–H groups in total. The molecule has 1 aromatic rings. The van der Waals surface area contributed by atoms with Crippen molar-refractivity contribution in [1.29, 1.82) is 0 Å². The number of amides is 1. The van der Waals surface area contributed by atoms with Crippen molar-refractivity contribution in [3.05, 3.63) is 29.8 Å². The van der Waals surface area contributed by atoms with Crippen molar-refractivity contribution in [1.82, 2.24) is 10.2 Å². The van der Waals surface area contributed by atoms with E-state index >= 15 is 0 Å². The predicted octanol–water partition coefficient (Wildman–Crippen LogP) is 2.00. The van der Waals surface area contributed by atoms with Gasteiger partial charge < -0.3 is 10.2 Å². The predicted molar refractivity (Wildman–Crippen MR) is 105 cm³/mol. The standard InChI is InChI=1S/C18H25N3O3S.ClH/c1-20(17-11-14-5-6-15(12-17)19-14)18(22)13-3-7-16(8-4-13)21-9-2-10-25(21,23)24;/h3-4,7-8,14-15,17,19H,2,5-6,9-12H2,1H3;1H. The number of piperidine rings is 1. The zero-order valence-electron chi connectivity index (χ0n) is 14.9. The number of carbonyl (C=O) groups excluding carboxylic acids is 1. The van der Waals surface area contributed by atoms with E-state index < -0.39 is 10.0 Å². The molecule has 8 heteroatoms. The number of anilines is 1. The third-order valence-corrected chi connectivity index (χ3v) is 7.69. The quantitative estimate of drug-likeness (QED) is 0.844. The highest BCUT2D eigenvalue weighted by molar-refractivity contribution is 7.93. The minimum atomic E-state index is -3.18. The van der Waals surface area contributed by atoms with Crippen LogP contribution in [-0.4, -0.2) is 56.7 Å². The summed E-state index contributed by atoms with van der Waals surface area (Å²) >= 11 is 0. The van der Waals surface area contributed by atoms with Crippen LogP contribution in [0.3, 0.4) is 0 Å². The summed E-state index contributed by atoms with van der Waals surface area (Å²) in [7, 11) is -1.30. The van der Waals surface area contributed by atoms with Gasteiger partial charge >= 0.3 is 0 Å². The van der Waals surface area contributed by atoms with Crippen molar-refractivity contribution in [3.8, 4) is 0 Å². The van der Waals surface area contributed by atoms with Crippen LogP contribution in [0.15, 0.2) is 24.3 Å². The van der Waals surface area contributed by atoms with Crippen molar-refractivity contribution >= 4 is 34.0 Å². The van der Waals surface area contributed by atoms with Gasteiger partial charge in [-0.3, -0.25) is 9.10 Å². The van der Waals surface area contributed by atoms with Crippen LogP contribution in [0.2, 0.25) is 0 Å². The molecule has 2 atom stereocenters. The summed E-state index contributed by atoms with van der Waals surface area (Å²) in [5.74, 6) is 0.219. The second-order valence-electron chi connectivity index (χ2n) is 7.47. The van der Waals surface area contributed by atoms with E-state index in [1.54, 1.807) is 24.3 Å². The zero-order valence-corrected chi connectivity index (χ0v) is 16.6. The highest BCUT2D eigenvalue weighted by atomic mass is 35.5. The fraction of sp³-hybridized carbons (Fsp3) is 0.611. The first-order chi connectivity index (χ1) is 11.9. The monoisotopic (exact) mass is 399 g/mol. The first kappa shape index (κ1) is 19.5. The van der Waals surface area contributed by atoms with E-state index in [2.05, 4.69) is 5.32 Å². The average Bonchev–Trinajstić information content (AvgIpc) is 3.14. The van der Waals surface area contributed by atoms with Crippen molar-refractivity contribution < 1.29 is 13.2 Å². The molecule has 6 nitrogen and oxygen atoms in total. The number of halogens is 1. The molecule has 144 valence electrons. The zero-order chi connectivity index (χ0) is 17.6. The molecule has 1 amide bonds. The number of fused-ring (bicyclic) bond motifs is 2. The second-order valence-corrected chi connectivity index (χ2v) is 9.48. The number of hydrogen-bond acceptors (Lipinski definition) is 4. The molecule has 0 saturated carbocycles. The van der Waals surface area contributed by atoms with E-state index in [4.69, 9.17) is 0 Å². The number of carbonyl (C=O) groups is 1. The number of nitrogens with zero attached hydrogens (tertiary/aromatic N) is 2. The normalized spacial score (nSPS) is 29.3. The Morgan fingerprint density at radius 2 is 1.77 bits per heavy atom. The molecule has 2 unspecified atom stereocenters. The summed E-state index contributed by atoms with van der Waals surface area (Å²) in [6, 6.07) is 8.36. The van der Waals surface area contributed by atoms with Gasteiger partial charge in [-0.15, -0.1) is 12.4 Å². The summed E-state index contributed by atoms with van der Waals surface area (Å²) in [4.78, 5) is 14.7. The molecule has 3 heterocycles. The molecular weight excluding hydrogens is 374 g/mol. The molecule has 3 aliphatic heterocycles. The Morgan fingerprint density at radius 3 is 2.31 bits per heavy atom. The molecule has 3 saturated heterocycles. The number of rotatable bonds is 3. The molecule has 2 bridgehead atoms. The SMILES string of the molecule is CN(C(=O)c1ccc(N2CCCS2(=O)=O)cc1)C1CC2CCC(C1)N2.Cl. The van der Waals surface area contributed by atoms with E-state index in [1.807, 2.05) is 11.9 Å². The molecule has 0 aromatic heterocycles. The highest BCUT2D eigenvalue weighted by Gasteiger charge is 2.36. The van der Waals surface area contributed by atoms with Gasteiger partial charge in [0.25, 0.3) is 5.91 Å². The summed E-state index contributed by atoms with van der Waals surface area (Å²) in [5.41, 5.74) is 1.27. The molecule has 0 aliphatic carbocycles. The van der Waals surface area contributed by atoms with Crippen LogP contribution in [0.5, 0.6) is 0 Å². The minimum absolute atomic E-state index is 0.